The first-order chi connectivity index (χ1) is 11.6. The summed E-state index contributed by atoms with van der Waals surface area (Å²) in [5.41, 5.74) is 1.08. The molecule has 24 heavy (non-hydrogen) atoms. The molecule has 0 radical (unpaired) electrons. The lowest BCUT2D eigenvalue weighted by Gasteiger charge is -2.19. The van der Waals surface area contributed by atoms with Crippen molar-refractivity contribution in [1.29, 1.82) is 0 Å². The highest BCUT2D eigenvalue weighted by atomic mass is 16.2. The quantitative estimate of drug-likeness (QED) is 0.791. The summed E-state index contributed by atoms with van der Waals surface area (Å²) in [7, 11) is 3.69. The zero-order valence-electron chi connectivity index (χ0n) is 14.6. The predicted molar refractivity (Wildman–Crippen MR) is 94.5 cm³/mol. The van der Waals surface area contributed by atoms with Crippen molar-refractivity contribution < 1.29 is 9.59 Å². The second-order valence-electron chi connectivity index (χ2n) is 6.38. The van der Waals surface area contributed by atoms with Gasteiger partial charge in [-0.25, -0.2) is 4.79 Å². The van der Waals surface area contributed by atoms with Crippen LogP contribution < -0.4 is 10.6 Å². The van der Waals surface area contributed by atoms with Crippen molar-refractivity contribution in [3.05, 3.63) is 35.9 Å². The Balaban J connectivity index is 1.66. The summed E-state index contributed by atoms with van der Waals surface area (Å²) in [5.74, 6) is 0.671. The van der Waals surface area contributed by atoms with Crippen LogP contribution >= 0.6 is 0 Å². The molecule has 2 N–H and O–H groups in total. The third kappa shape index (κ3) is 5.53. The summed E-state index contributed by atoms with van der Waals surface area (Å²) >= 11 is 0. The van der Waals surface area contributed by atoms with Gasteiger partial charge in [0.1, 0.15) is 0 Å². The van der Waals surface area contributed by atoms with Gasteiger partial charge in [0.25, 0.3) is 0 Å². The summed E-state index contributed by atoms with van der Waals surface area (Å²) < 4.78 is 0. The fourth-order valence-electron chi connectivity index (χ4n) is 3.01. The van der Waals surface area contributed by atoms with Crippen LogP contribution in [0.3, 0.4) is 0 Å². The van der Waals surface area contributed by atoms with E-state index in [4.69, 9.17) is 0 Å². The minimum absolute atomic E-state index is 0.125. The fraction of sp³-hybridized carbons (Fsp3) is 0.556. The van der Waals surface area contributed by atoms with E-state index in [0.29, 0.717) is 25.4 Å². The molecule has 1 fully saturated rings. The number of carbonyl (C=O) groups excluding carboxylic acids is 2. The van der Waals surface area contributed by atoms with E-state index in [-0.39, 0.29) is 11.9 Å². The van der Waals surface area contributed by atoms with Gasteiger partial charge in [0.05, 0.1) is 0 Å². The molecule has 1 atom stereocenters. The van der Waals surface area contributed by atoms with E-state index in [9.17, 15) is 9.59 Å². The lowest BCUT2D eigenvalue weighted by Crippen LogP contribution is -2.39. The van der Waals surface area contributed by atoms with Crippen LogP contribution in [0, 0.1) is 5.92 Å². The number of hydrogen-bond acceptors (Lipinski definition) is 3. The minimum atomic E-state index is -0.152. The van der Waals surface area contributed by atoms with E-state index in [0.717, 1.165) is 31.6 Å². The normalized spacial score (nSPS) is 16.9. The van der Waals surface area contributed by atoms with E-state index in [1.807, 2.05) is 42.3 Å². The highest BCUT2D eigenvalue weighted by molar-refractivity contribution is 5.78. The fourth-order valence-corrected chi connectivity index (χ4v) is 3.01. The zero-order valence-corrected chi connectivity index (χ0v) is 14.6. The van der Waals surface area contributed by atoms with Gasteiger partial charge < -0.3 is 20.4 Å². The van der Waals surface area contributed by atoms with Crippen molar-refractivity contribution in [3.63, 3.8) is 0 Å². The molecule has 1 unspecified atom stereocenters. The Kier molecular flexibility index (Phi) is 7.06. The van der Waals surface area contributed by atoms with Gasteiger partial charge in [-0.15, -0.1) is 0 Å². The summed E-state index contributed by atoms with van der Waals surface area (Å²) in [4.78, 5) is 27.8. The van der Waals surface area contributed by atoms with E-state index < -0.39 is 0 Å². The number of rotatable bonds is 7. The molecule has 3 amide bonds. The number of nitrogens with one attached hydrogen (secondary N) is 2. The molecule has 0 spiro atoms. The summed E-state index contributed by atoms with van der Waals surface area (Å²) in [5, 5.41) is 5.98. The Morgan fingerprint density at radius 2 is 2.04 bits per heavy atom. The number of urea groups is 1. The largest absolute Gasteiger partial charge is 0.342 e. The molecule has 0 aliphatic carbocycles. The lowest BCUT2D eigenvalue weighted by molar-refractivity contribution is -0.130. The number of hydrogen-bond donors (Lipinski definition) is 2. The number of nitrogens with zero attached hydrogens (tertiary/aromatic N) is 2. The summed E-state index contributed by atoms with van der Waals surface area (Å²) in [6.45, 7) is 3.53. The van der Waals surface area contributed by atoms with E-state index in [1.54, 1.807) is 11.9 Å². The van der Waals surface area contributed by atoms with Crippen molar-refractivity contribution in [2.45, 2.75) is 19.4 Å². The van der Waals surface area contributed by atoms with Gasteiger partial charge in [-0.1, -0.05) is 30.3 Å². The molecule has 1 heterocycles. The van der Waals surface area contributed by atoms with Crippen molar-refractivity contribution in [2.24, 2.45) is 5.92 Å². The molecule has 1 aliphatic rings. The molecule has 6 heteroatoms. The topological polar surface area (TPSA) is 64.7 Å². The van der Waals surface area contributed by atoms with Gasteiger partial charge in [-0.2, -0.15) is 0 Å². The molecule has 2 rings (SSSR count). The van der Waals surface area contributed by atoms with Crippen LogP contribution in [-0.2, 0) is 11.3 Å². The number of benzene rings is 1. The van der Waals surface area contributed by atoms with E-state index >= 15 is 0 Å². The maximum absolute atomic E-state index is 12.2. The van der Waals surface area contributed by atoms with Crippen LogP contribution in [-0.4, -0.2) is 62.0 Å². The maximum Gasteiger partial charge on any atom is 0.317 e. The molecule has 132 valence electrons. The van der Waals surface area contributed by atoms with E-state index in [2.05, 4.69) is 10.6 Å². The first kappa shape index (κ1) is 18.3. The first-order valence-corrected chi connectivity index (χ1v) is 8.55. The zero-order chi connectivity index (χ0) is 17.4. The standard InChI is InChI=1S/C18H28N4O2/c1-19-12-16-9-11-22(14-16)17(23)8-10-20-18(24)21(2)13-15-6-4-3-5-7-15/h3-7,16,19H,8-14H2,1-2H3,(H,20,24). The predicted octanol–water partition coefficient (Wildman–Crippen LogP) is 1.29. The Morgan fingerprint density at radius 1 is 1.29 bits per heavy atom. The first-order valence-electron chi connectivity index (χ1n) is 8.55. The second kappa shape index (κ2) is 9.27. The molecule has 1 aromatic carbocycles. The molecule has 1 saturated heterocycles. The number of amides is 3. The van der Waals surface area contributed by atoms with Gasteiger partial charge in [0.15, 0.2) is 0 Å². The molecule has 0 saturated carbocycles. The Labute approximate surface area is 144 Å². The average molecular weight is 332 g/mol. The Hall–Kier alpha value is -2.08. The molecule has 0 aromatic heterocycles. The van der Waals surface area contributed by atoms with Crippen molar-refractivity contribution in [1.82, 2.24) is 20.4 Å². The lowest BCUT2D eigenvalue weighted by atomic mass is 10.1. The van der Waals surface area contributed by atoms with Crippen LogP contribution in [0.1, 0.15) is 18.4 Å². The number of likely N-dealkylation sites (tertiary alicyclic amines) is 1. The third-order valence-corrected chi connectivity index (χ3v) is 4.36. The smallest absolute Gasteiger partial charge is 0.317 e. The van der Waals surface area contributed by atoms with Crippen molar-refractivity contribution in [2.75, 3.05) is 40.3 Å². The van der Waals surface area contributed by atoms with Crippen LogP contribution in [0.5, 0.6) is 0 Å². The minimum Gasteiger partial charge on any atom is -0.342 e. The van der Waals surface area contributed by atoms with Crippen LogP contribution in [0.2, 0.25) is 0 Å². The Bertz CT molecular complexity index is 535. The van der Waals surface area contributed by atoms with Crippen LogP contribution in [0.4, 0.5) is 4.79 Å². The molecular formula is C18H28N4O2. The summed E-state index contributed by atoms with van der Waals surface area (Å²) in [6, 6.07) is 9.69. The van der Waals surface area contributed by atoms with Gasteiger partial charge in [-0.3, -0.25) is 4.79 Å². The van der Waals surface area contributed by atoms with Gasteiger partial charge in [-0.05, 0) is 31.5 Å². The molecule has 1 aliphatic heterocycles. The van der Waals surface area contributed by atoms with E-state index in [1.165, 1.54) is 0 Å². The Morgan fingerprint density at radius 3 is 2.75 bits per heavy atom. The van der Waals surface area contributed by atoms with Gasteiger partial charge in [0, 0.05) is 39.6 Å². The SMILES string of the molecule is CNCC1CCN(C(=O)CCNC(=O)N(C)Cc2ccccc2)C1. The molecule has 1 aromatic rings. The average Bonchev–Trinajstić information content (AvgIpc) is 3.04. The second-order valence-corrected chi connectivity index (χ2v) is 6.38. The van der Waals surface area contributed by atoms with Gasteiger partial charge in [0.2, 0.25) is 5.91 Å². The molecule has 0 bridgehead atoms. The van der Waals surface area contributed by atoms with Crippen LogP contribution in [0.15, 0.2) is 30.3 Å². The van der Waals surface area contributed by atoms with Crippen molar-refractivity contribution >= 4 is 11.9 Å². The van der Waals surface area contributed by atoms with Crippen molar-refractivity contribution in [3.8, 4) is 0 Å². The maximum atomic E-state index is 12.2. The molecular weight excluding hydrogens is 304 g/mol. The highest BCUT2D eigenvalue weighted by Gasteiger charge is 2.25. The van der Waals surface area contributed by atoms with Gasteiger partial charge >= 0.3 is 6.03 Å². The third-order valence-electron chi connectivity index (χ3n) is 4.36. The highest BCUT2D eigenvalue weighted by Crippen LogP contribution is 2.15. The monoisotopic (exact) mass is 332 g/mol. The van der Waals surface area contributed by atoms with Crippen LogP contribution in [0.25, 0.3) is 0 Å². The number of carbonyl (C=O) groups is 2. The molecule has 6 nitrogen and oxygen atoms in total. The summed E-state index contributed by atoms with van der Waals surface area (Å²) in [6.07, 6.45) is 1.41.